The molecular formula is C25H26F6N8O2. The van der Waals surface area contributed by atoms with Crippen LogP contribution in [0.2, 0.25) is 0 Å². The van der Waals surface area contributed by atoms with Crippen molar-refractivity contribution in [3.8, 4) is 11.5 Å². The summed E-state index contributed by atoms with van der Waals surface area (Å²) in [5.74, 6) is -0.946. The Morgan fingerprint density at radius 1 is 1.27 bits per heavy atom. The van der Waals surface area contributed by atoms with Gasteiger partial charge in [0.15, 0.2) is 0 Å². The molecule has 0 spiro atoms. The maximum atomic E-state index is 14.7. The van der Waals surface area contributed by atoms with E-state index in [1.807, 2.05) is 11.9 Å². The van der Waals surface area contributed by atoms with Crippen LogP contribution in [-0.4, -0.2) is 80.0 Å². The first-order valence-corrected chi connectivity index (χ1v) is 12.7. The summed E-state index contributed by atoms with van der Waals surface area (Å²) in [4.78, 5) is 22.1. The molecule has 1 fully saturated rings. The second kappa shape index (κ2) is 11.4. The van der Waals surface area contributed by atoms with Crippen LogP contribution >= 0.6 is 0 Å². The average Bonchev–Trinajstić information content (AvgIpc) is 3.63. The number of hydrogen-bond donors (Lipinski definition) is 2. The van der Waals surface area contributed by atoms with Crippen LogP contribution in [0.1, 0.15) is 22.8 Å². The van der Waals surface area contributed by atoms with Crippen LogP contribution in [-0.2, 0) is 19.6 Å². The van der Waals surface area contributed by atoms with E-state index in [-0.39, 0.29) is 41.7 Å². The van der Waals surface area contributed by atoms with E-state index in [9.17, 15) is 31.1 Å². The van der Waals surface area contributed by atoms with Crippen LogP contribution in [0, 0.1) is 0 Å². The molecule has 3 aromatic heterocycles. The number of carbonyl (C=O) groups is 1. The quantitative estimate of drug-likeness (QED) is 0.286. The van der Waals surface area contributed by atoms with Gasteiger partial charge in [-0.2, -0.15) is 18.2 Å². The number of rotatable bonds is 9. The van der Waals surface area contributed by atoms with E-state index in [2.05, 4.69) is 25.8 Å². The van der Waals surface area contributed by atoms with Gasteiger partial charge in [0.1, 0.15) is 18.4 Å². The van der Waals surface area contributed by atoms with Gasteiger partial charge in [-0.1, -0.05) is 11.2 Å². The number of imidazole rings is 1. The normalized spacial score (nSPS) is 18.3. The van der Waals surface area contributed by atoms with E-state index in [1.54, 1.807) is 12.1 Å². The van der Waals surface area contributed by atoms with Gasteiger partial charge in [0.2, 0.25) is 11.7 Å². The molecule has 16 heteroatoms. The fourth-order valence-corrected chi connectivity index (χ4v) is 4.78. The Labute approximate surface area is 229 Å². The topological polar surface area (TPSA) is 106 Å². The maximum absolute atomic E-state index is 14.7. The summed E-state index contributed by atoms with van der Waals surface area (Å²) in [5.41, 5.74) is 0.614. The van der Waals surface area contributed by atoms with Gasteiger partial charge in [0.25, 0.3) is 12.3 Å². The first-order valence-electron chi connectivity index (χ1n) is 12.7. The number of hydrogen-bond acceptors (Lipinski definition) is 7. The lowest BCUT2D eigenvalue weighted by molar-refractivity contribution is -0.139. The molecule has 41 heavy (non-hydrogen) atoms. The number of carbonyl (C=O) groups excluding carboxylic acids is 1. The number of fused-ring (bicyclic) bond motifs is 1. The zero-order valence-electron chi connectivity index (χ0n) is 21.7. The second-order valence-corrected chi connectivity index (χ2v) is 9.83. The Morgan fingerprint density at radius 2 is 2.07 bits per heavy atom. The molecular weight excluding hydrogens is 558 g/mol. The van der Waals surface area contributed by atoms with E-state index in [0.29, 0.717) is 24.0 Å². The zero-order valence-corrected chi connectivity index (χ0v) is 21.7. The number of aromatic nitrogens is 5. The van der Waals surface area contributed by atoms with E-state index in [4.69, 9.17) is 4.52 Å². The minimum absolute atomic E-state index is 0.0128. The molecule has 0 unspecified atom stereocenters. The lowest BCUT2D eigenvalue weighted by Crippen LogP contribution is -2.46. The largest absolute Gasteiger partial charge is 0.406 e. The van der Waals surface area contributed by atoms with Crippen LogP contribution in [0.3, 0.4) is 0 Å². The number of alkyl halides is 6. The molecule has 1 aliphatic heterocycles. The molecule has 0 saturated carbocycles. The van der Waals surface area contributed by atoms with E-state index in [0.717, 1.165) is 21.7 Å². The molecule has 1 saturated heterocycles. The third kappa shape index (κ3) is 6.64. The lowest BCUT2D eigenvalue weighted by Gasteiger charge is -2.33. The van der Waals surface area contributed by atoms with Gasteiger partial charge in [-0.15, -0.1) is 0 Å². The van der Waals surface area contributed by atoms with Gasteiger partial charge < -0.3 is 29.2 Å². The molecule has 10 nitrogen and oxygen atoms in total. The van der Waals surface area contributed by atoms with Crippen molar-refractivity contribution in [3.05, 3.63) is 48.4 Å². The molecule has 0 radical (unpaired) electrons. The molecule has 0 bridgehead atoms. The van der Waals surface area contributed by atoms with Crippen LogP contribution < -0.4 is 10.6 Å². The molecule has 1 aliphatic rings. The van der Waals surface area contributed by atoms with Gasteiger partial charge >= 0.3 is 6.18 Å². The molecule has 1 aromatic carbocycles. The van der Waals surface area contributed by atoms with Crippen molar-refractivity contribution in [2.24, 2.45) is 0 Å². The Balaban J connectivity index is 1.38. The highest BCUT2D eigenvalue weighted by Crippen LogP contribution is 2.35. The number of benzene rings is 1. The fourth-order valence-electron chi connectivity index (χ4n) is 4.78. The van der Waals surface area contributed by atoms with Crippen LogP contribution in [0.5, 0.6) is 0 Å². The fraction of sp³-hybridized carbons (Fsp3) is 0.440. The second-order valence-electron chi connectivity index (χ2n) is 9.83. The predicted molar refractivity (Wildman–Crippen MR) is 135 cm³/mol. The number of anilines is 1. The molecule has 2 atom stereocenters. The monoisotopic (exact) mass is 584 g/mol. The summed E-state index contributed by atoms with van der Waals surface area (Å²) in [6.45, 7) is -1.32. The summed E-state index contributed by atoms with van der Waals surface area (Å²) in [6, 6.07) is 5.76. The van der Waals surface area contributed by atoms with Crippen molar-refractivity contribution in [2.45, 2.75) is 50.9 Å². The van der Waals surface area contributed by atoms with Crippen molar-refractivity contribution in [2.75, 3.05) is 25.5 Å². The van der Waals surface area contributed by atoms with Crippen LogP contribution in [0.15, 0.2) is 41.3 Å². The first-order chi connectivity index (χ1) is 19.5. The number of nitrogens with one attached hydrogen (secondary N) is 2. The predicted octanol–water partition coefficient (Wildman–Crippen LogP) is 4.10. The standard InChI is InChI=1S/C25H26F6N8O2/c1-37-6-5-17(15(26)9-37)34-16-3-2-4-19-14(16)7-20(39(19)12-25(29,30)31)23-35-22(41-36-23)8-32-24(40)18-10-38(13-33-18)11-21(27)28/h2-4,7,10,13,15,17,21,34H,5-6,8-9,11-12H2,1H3,(H,32,40)/t15-,17+/m0/s1. The molecule has 1 amide bonds. The molecule has 2 N–H and O–H groups in total. The molecule has 0 aliphatic carbocycles. The Hall–Kier alpha value is -4.08. The minimum Gasteiger partial charge on any atom is -0.379 e. The maximum Gasteiger partial charge on any atom is 0.406 e. The van der Waals surface area contributed by atoms with Gasteiger partial charge in [-0.05, 0) is 31.7 Å². The van der Waals surface area contributed by atoms with E-state index < -0.39 is 43.8 Å². The third-order valence-corrected chi connectivity index (χ3v) is 6.68. The highest BCUT2D eigenvalue weighted by molar-refractivity contribution is 5.96. The Bertz CT molecular complexity index is 1510. The van der Waals surface area contributed by atoms with Crippen LogP contribution in [0.4, 0.5) is 32.0 Å². The summed E-state index contributed by atoms with van der Waals surface area (Å²) in [5, 5.41) is 9.85. The number of amides is 1. The van der Waals surface area contributed by atoms with Crippen molar-refractivity contribution in [3.63, 3.8) is 0 Å². The number of nitrogens with zero attached hydrogens (tertiary/aromatic N) is 6. The third-order valence-electron chi connectivity index (χ3n) is 6.68. The summed E-state index contributed by atoms with van der Waals surface area (Å²) in [7, 11) is 1.82. The summed E-state index contributed by atoms with van der Waals surface area (Å²) < 4.78 is 87.8. The summed E-state index contributed by atoms with van der Waals surface area (Å²) in [6.07, 6.45) is -5.58. The minimum atomic E-state index is -4.57. The smallest absolute Gasteiger partial charge is 0.379 e. The highest BCUT2D eigenvalue weighted by atomic mass is 19.4. The van der Waals surface area contributed by atoms with Gasteiger partial charge in [-0.3, -0.25) is 4.79 Å². The summed E-state index contributed by atoms with van der Waals surface area (Å²) >= 11 is 0. The average molecular weight is 585 g/mol. The van der Waals surface area contributed by atoms with Crippen molar-refractivity contribution in [1.82, 2.24) is 34.5 Å². The molecule has 4 aromatic rings. The van der Waals surface area contributed by atoms with Crippen molar-refractivity contribution in [1.29, 1.82) is 0 Å². The van der Waals surface area contributed by atoms with E-state index in [1.165, 1.54) is 12.1 Å². The number of halogens is 6. The first kappa shape index (κ1) is 28.4. The van der Waals surface area contributed by atoms with Gasteiger partial charge in [0.05, 0.1) is 36.7 Å². The SMILES string of the molecule is CN1CC[C@@H](Nc2cccc3c2cc(-c2noc(CNC(=O)c4cn(CC(F)F)cn4)n2)n3CC(F)(F)F)[C@@H](F)C1. The van der Waals surface area contributed by atoms with Gasteiger partial charge in [-0.25, -0.2) is 18.2 Å². The Morgan fingerprint density at radius 3 is 2.80 bits per heavy atom. The van der Waals surface area contributed by atoms with E-state index >= 15 is 0 Å². The van der Waals surface area contributed by atoms with Crippen molar-refractivity contribution >= 4 is 22.5 Å². The zero-order chi connectivity index (χ0) is 29.3. The molecule has 4 heterocycles. The van der Waals surface area contributed by atoms with Gasteiger partial charge in [0, 0.05) is 30.4 Å². The van der Waals surface area contributed by atoms with Crippen LogP contribution in [0.25, 0.3) is 22.4 Å². The van der Waals surface area contributed by atoms with Crippen molar-refractivity contribution < 1.29 is 35.7 Å². The number of piperidine rings is 1. The lowest BCUT2D eigenvalue weighted by atomic mass is 10.0. The molecule has 5 rings (SSSR count). The molecule has 220 valence electrons. The Kier molecular flexibility index (Phi) is 7.93. The number of likely N-dealkylation sites (tertiary alicyclic amines) is 1. The highest BCUT2D eigenvalue weighted by Gasteiger charge is 2.32.